The Balaban J connectivity index is 1.97. The van der Waals surface area contributed by atoms with Crippen molar-refractivity contribution < 1.29 is 0 Å². The van der Waals surface area contributed by atoms with Gasteiger partial charge in [-0.2, -0.15) is 0 Å². The van der Waals surface area contributed by atoms with Crippen LogP contribution in [-0.2, 0) is 0 Å². The predicted octanol–water partition coefficient (Wildman–Crippen LogP) is 8.83. The molecule has 0 aliphatic rings. The van der Waals surface area contributed by atoms with Crippen LogP contribution in [0.3, 0.4) is 0 Å². The lowest BCUT2D eigenvalue weighted by atomic mass is 9.85. The lowest BCUT2D eigenvalue weighted by molar-refractivity contribution is 1.21. The minimum atomic E-state index is 1.02. The van der Waals surface area contributed by atoms with Crippen LogP contribution in [0.5, 0.6) is 0 Å². The number of nitrogens with zero attached hydrogens (tertiary/aromatic N) is 2. The van der Waals surface area contributed by atoms with Gasteiger partial charge in [-0.15, -0.1) is 0 Å². The molecule has 0 aliphatic carbocycles. The van der Waals surface area contributed by atoms with Gasteiger partial charge in [-0.1, -0.05) is 71.8 Å². The number of aromatic nitrogens is 2. The molecule has 0 saturated carbocycles. The number of hydrogen-bond donors (Lipinski definition) is 0. The second kappa shape index (κ2) is 7.81. The van der Waals surface area contributed by atoms with E-state index in [1.54, 1.807) is 0 Å². The van der Waals surface area contributed by atoms with Gasteiger partial charge in [-0.25, -0.2) is 4.98 Å². The van der Waals surface area contributed by atoms with Gasteiger partial charge >= 0.3 is 0 Å². The summed E-state index contributed by atoms with van der Waals surface area (Å²) in [7, 11) is 0. The van der Waals surface area contributed by atoms with E-state index in [0.717, 1.165) is 16.7 Å². The average molecular weight is 455 g/mol. The molecule has 2 aromatic heterocycles. The van der Waals surface area contributed by atoms with Gasteiger partial charge in [-0.05, 0) is 86.9 Å². The van der Waals surface area contributed by atoms with E-state index in [1.165, 1.54) is 66.5 Å². The van der Waals surface area contributed by atoms with Crippen LogP contribution < -0.4 is 0 Å². The Bertz CT molecular complexity index is 1750. The van der Waals surface area contributed by atoms with Crippen LogP contribution in [0.25, 0.3) is 49.8 Å². The molecule has 2 heteroatoms. The zero-order valence-corrected chi connectivity index (χ0v) is 21.3. The quantitative estimate of drug-likeness (QED) is 0.255. The molecule has 0 bridgehead atoms. The molecular weight excluding hydrogens is 424 g/mol. The first kappa shape index (κ1) is 21.6. The van der Waals surface area contributed by atoms with Crippen LogP contribution in [0.15, 0.2) is 72.8 Å². The minimum Gasteiger partial charge on any atom is -0.291 e. The van der Waals surface area contributed by atoms with Crippen molar-refractivity contribution in [2.75, 3.05) is 0 Å². The Hall–Kier alpha value is -3.91. The normalized spacial score (nSPS) is 11.7. The number of imidazole rings is 1. The number of pyridine rings is 1. The van der Waals surface area contributed by atoms with Crippen molar-refractivity contribution in [3.63, 3.8) is 0 Å². The fourth-order valence-corrected chi connectivity index (χ4v) is 6.19. The van der Waals surface area contributed by atoms with E-state index in [2.05, 4.69) is 119 Å². The summed E-state index contributed by atoms with van der Waals surface area (Å²) in [6.07, 6.45) is 0. The molecule has 0 amide bonds. The highest BCUT2D eigenvalue weighted by molar-refractivity contribution is 6.12. The lowest BCUT2D eigenvalue weighted by Gasteiger charge is -2.23. The second-order valence-corrected chi connectivity index (χ2v) is 10.1. The summed E-state index contributed by atoms with van der Waals surface area (Å²) in [5, 5.41) is 2.43. The van der Waals surface area contributed by atoms with Crippen molar-refractivity contribution in [2.45, 2.75) is 41.5 Å². The fourth-order valence-electron chi connectivity index (χ4n) is 6.19. The number of hydrogen-bond acceptors (Lipinski definition) is 1. The van der Waals surface area contributed by atoms with Gasteiger partial charge < -0.3 is 0 Å². The summed E-state index contributed by atoms with van der Waals surface area (Å²) in [5.74, 6) is 0. The smallest absolute Gasteiger partial charge is 0.146 e. The first-order valence-corrected chi connectivity index (χ1v) is 12.3. The average Bonchev–Trinajstić information content (AvgIpc) is 3.19. The Morgan fingerprint density at radius 3 is 1.69 bits per heavy atom. The van der Waals surface area contributed by atoms with Crippen molar-refractivity contribution in [3.05, 3.63) is 106 Å². The van der Waals surface area contributed by atoms with Crippen LogP contribution in [0.4, 0.5) is 0 Å². The zero-order valence-electron chi connectivity index (χ0n) is 21.3. The van der Waals surface area contributed by atoms with Gasteiger partial charge in [0.15, 0.2) is 0 Å². The van der Waals surface area contributed by atoms with Crippen molar-refractivity contribution in [1.82, 2.24) is 9.38 Å². The number of benzene rings is 4. The van der Waals surface area contributed by atoms with E-state index < -0.39 is 0 Å². The summed E-state index contributed by atoms with van der Waals surface area (Å²) in [6, 6.07) is 26.5. The maximum absolute atomic E-state index is 5.16. The summed E-state index contributed by atoms with van der Waals surface area (Å²) in [6.45, 7) is 13.4. The van der Waals surface area contributed by atoms with Crippen molar-refractivity contribution in [3.8, 4) is 22.4 Å². The van der Waals surface area contributed by atoms with Crippen molar-refractivity contribution in [2.24, 2.45) is 0 Å². The van der Waals surface area contributed by atoms with Crippen molar-refractivity contribution >= 4 is 27.5 Å². The largest absolute Gasteiger partial charge is 0.291 e. The molecular formula is C33H30N2. The minimum absolute atomic E-state index is 1.02. The number of fused-ring (bicyclic) bond motifs is 5. The van der Waals surface area contributed by atoms with Crippen LogP contribution in [0.1, 0.15) is 33.4 Å². The Labute approximate surface area is 206 Å². The van der Waals surface area contributed by atoms with Gasteiger partial charge in [0.1, 0.15) is 5.65 Å². The maximum Gasteiger partial charge on any atom is 0.146 e. The predicted molar refractivity (Wildman–Crippen MR) is 149 cm³/mol. The van der Waals surface area contributed by atoms with Crippen LogP contribution in [0, 0.1) is 41.5 Å². The highest BCUT2D eigenvalue weighted by atomic mass is 15.0. The number of rotatable bonds is 2. The molecule has 0 radical (unpaired) electrons. The molecule has 0 aliphatic heterocycles. The molecule has 0 spiro atoms. The van der Waals surface area contributed by atoms with Gasteiger partial charge in [0.25, 0.3) is 0 Å². The molecule has 2 heterocycles. The Kier molecular flexibility index (Phi) is 4.82. The SMILES string of the molecule is Cc1cc(C)c(-c2c(-c3c(C)cc(C)cc3C)n3c4ccccc4nc3c3ccccc23)c(C)c1. The van der Waals surface area contributed by atoms with Gasteiger partial charge in [-0.3, -0.25) is 4.40 Å². The number of para-hydroxylation sites is 2. The topological polar surface area (TPSA) is 17.3 Å². The second-order valence-electron chi connectivity index (χ2n) is 10.1. The Morgan fingerprint density at radius 1 is 0.543 bits per heavy atom. The molecule has 0 unspecified atom stereocenters. The first-order chi connectivity index (χ1) is 16.8. The molecule has 35 heavy (non-hydrogen) atoms. The van der Waals surface area contributed by atoms with Crippen LogP contribution in [-0.4, -0.2) is 9.38 Å². The van der Waals surface area contributed by atoms with E-state index in [4.69, 9.17) is 4.98 Å². The van der Waals surface area contributed by atoms with Gasteiger partial charge in [0.05, 0.1) is 16.7 Å². The Morgan fingerprint density at radius 2 is 1.06 bits per heavy atom. The van der Waals surface area contributed by atoms with E-state index in [-0.39, 0.29) is 0 Å². The molecule has 0 fully saturated rings. The molecule has 0 saturated heterocycles. The van der Waals surface area contributed by atoms with E-state index in [9.17, 15) is 0 Å². The zero-order chi connectivity index (χ0) is 24.4. The van der Waals surface area contributed by atoms with E-state index >= 15 is 0 Å². The van der Waals surface area contributed by atoms with E-state index in [0.29, 0.717) is 0 Å². The fraction of sp³-hybridized carbons (Fsp3) is 0.182. The molecule has 172 valence electrons. The summed E-state index contributed by atoms with van der Waals surface area (Å²) in [4.78, 5) is 5.16. The molecule has 6 rings (SSSR count). The third-order valence-corrected chi connectivity index (χ3v) is 7.30. The summed E-state index contributed by atoms with van der Waals surface area (Å²) >= 11 is 0. The van der Waals surface area contributed by atoms with Gasteiger partial charge in [0, 0.05) is 16.5 Å². The first-order valence-electron chi connectivity index (χ1n) is 12.3. The monoisotopic (exact) mass is 454 g/mol. The van der Waals surface area contributed by atoms with Gasteiger partial charge in [0.2, 0.25) is 0 Å². The summed E-state index contributed by atoms with van der Waals surface area (Å²) in [5.41, 5.74) is 16.1. The molecule has 0 atom stereocenters. The molecule has 4 aromatic carbocycles. The third kappa shape index (κ3) is 3.20. The highest BCUT2D eigenvalue weighted by Gasteiger charge is 2.24. The standard InChI is InChI=1S/C33H30N2/c1-19-15-21(3)29(22(4)16-19)31-25-11-7-8-12-26(25)33-34-27-13-9-10-14-28(27)35(33)32(31)30-23(5)17-20(2)18-24(30)6/h7-18H,1-6H3. The highest BCUT2D eigenvalue weighted by Crippen LogP contribution is 2.45. The van der Waals surface area contributed by atoms with Crippen molar-refractivity contribution in [1.29, 1.82) is 0 Å². The number of aryl methyl sites for hydroxylation is 6. The third-order valence-electron chi connectivity index (χ3n) is 7.30. The molecule has 6 aromatic rings. The molecule has 0 N–H and O–H groups in total. The maximum atomic E-state index is 5.16. The molecule has 2 nitrogen and oxygen atoms in total. The van der Waals surface area contributed by atoms with Crippen LogP contribution in [0.2, 0.25) is 0 Å². The van der Waals surface area contributed by atoms with E-state index in [1.807, 2.05) is 0 Å². The summed E-state index contributed by atoms with van der Waals surface area (Å²) < 4.78 is 2.41. The lowest BCUT2D eigenvalue weighted by Crippen LogP contribution is -2.04. The van der Waals surface area contributed by atoms with Crippen LogP contribution >= 0.6 is 0 Å².